The Bertz CT molecular complexity index is 513. The first-order valence-corrected chi connectivity index (χ1v) is 8.78. The zero-order valence-electron chi connectivity index (χ0n) is 15.3. The minimum atomic E-state index is -0.448. The molecule has 1 saturated heterocycles. The summed E-state index contributed by atoms with van der Waals surface area (Å²) in [7, 11) is 2.12. The molecule has 0 saturated carbocycles. The Kier molecular flexibility index (Phi) is 6.63. The summed E-state index contributed by atoms with van der Waals surface area (Å²) >= 11 is 0. The lowest BCUT2D eigenvalue weighted by Gasteiger charge is -2.24. The molecule has 2 N–H and O–H groups in total. The first-order valence-electron chi connectivity index (χ1n) is 8.78. The van der Waals surface area contributed by atoms with Gasteiger partial charge >= 0.3 is 6.09 Å². The van der Waals surface area contributed by atoms with Crippen LogP contribution in [0.4, 0.5) is 4.79 Å². The van der Waals surface area contributed by atoms with Gasteiger partial charge in [-0.15, -0.1) is 0 Å². The predicted molar refractivity (Wildman–Crippen MR) is 97.2 cm³/mol. The van der Waals surface area contributed by atoms with E-state index in [9.17, 15) is 4.79 Å². The molecule has 1 unspecified atom stereocenters. The van der Waals surface area contributed by atoms with E-state index in [0.29, 0.717) is 18.6 Å². The maximum absolute atomic E-state index is 11.7. The number of rotatable bonds is 6. The van der Waals surface area contributed by atoms with Gasteiger partial charge in [-0.2, -0.15) is 0 Å². The van der Waals surface area contributed by atoms with Gasteiger partial charge in [0.05, 0.1) is 0 Å². The Balaban J connectivity index is 1.67. The minimum absolute atomic E-state index is 0.345. The molecule has 0 radical (unpaired) electrons. The molecule has 1 heterocycles. The molecule has 1 fully saturated rings. The number of carbonyl (C=O) groups excluding carboxylic acids is 1. The van der Waals surface area contributed by atoms with Crippen LogP contribution in [0, 0.1) is 0 Å². The number of likely N-dealkylation sites (N-methyl/N-ethyl adjacent to an activating group) is 1. The summed E-state index contributed by atoms with van der Waals surface area (Å²) in [6.45, 7) is 8.04. The fourth-order valence-electron chi connectivity index (χ4n) is 3.02. The van der Waals surface area contributed by atoms with E-state index >= 15 is 0 Å². The van der Waals surface area contributed by atoms with Crippen molar-refractivity contribution in [2.24, 2.45) is 0 Å². The highest BCUT2D eigenvalue weighted by molar-refractivity contribution is 5.67. The summed E-state index contributed by atoms with van der Waals surface area (Å²) in [5, 5.41) is 6.43. The molecule has 2 atom stereocenters. The van der Waals surface area contributed by atoms with Crippen LogP contribution in [0.2, 0.25) is 0 Å². The number of alkyl carbamates (subject to hydrolysis) is 1. The lowest BCUT2D eigenvalue weighted by Crippen LogP contribution is -2.41. The Morgan fingerprint density at radius 3 is 2.71 bits per heavy atom. The van der Waals surface area contributed by atoms with Crippen LogP contribution in [0.5, 0.6) is 0 Å². The van der Waals surface area contributed by atoms with Gasteiger partial charge in [0, 0.05) is 31.7 Å². The zero-order valence-corrected chi connectivity index (χ0v) is 15.3. The number of hydrogen-bond acceptors (Lipinski definition) is 4. The average molecular weight is 333 g/mol. The number of nitrogens with one attached hydrogen (secondary N) is 2. The summed E-state index contributed by atoms with van der Waals surface area (Å²) in [6.07, 6.45) is 1.86. The van der Waals surface area contributed by atoms with Crippen molar-refractivity contribution < 1.29 is 9.53 Å². The molecule has 1 aromatic carbocycles. The van der Waals surface area contributed by atoms with Crippen LogP contribution in [0.3, 0.4) is 0 Å². The predicted octanol–water partition coefficient (Wildman–Crippen LogP) is 2.42. The van der Waals surface area contributed by atoms with Crippen molar-refractivity contribution in [3.05, 3.63) is 35.9 Å². The van der Waals surface area contributed by atoms with E-state index < -0.39 is 5.60 Å². The van der Waals surface area contributed by atoms with Crippen molar-refractivity contribution in [3.8, 4) is 0 Å². The van der Waals surface area contributed by atoms with E-state index in [-0.39, 0.29) is 6.09 Å². The third-order valence-electron chi connectivity index (χ3n) is 4.28. The number of hydrogen-bond donors (Lipinski definition) is 2. The minimum Gasteiger partial charge on any atom is -0.444 e. The van der Waals surface area contributed by atoms with Gasteiger partial charge in [-0.3, -0.25) is 0 Å². The highest BCUT2D eigenvalue weighted by atomic mass is 16.6. The van der Waals surface area contributed by atoms with Crippen LogP contribution in [0.25, 0.3) is 0 Å². The van der Waals surface area contributed by atoms with Crippen molar-refractivity contribution in [2.75, 3.05) is 26.7 Å². The highest BCUT2D eigenvalue weighted by Crippen LogP contribution is 2.16. The van der Waals surface area contributed by atoms with Crippen LogP contribution in [0.1, 0.15) is 32.8 Å². The number of nitrogens with zero attached hydrogens (tertiary/aromatic N) is 1. The van der Waals surface area contributed by atoms with E-state index in [1.54, 1.807) is 0 Å². The molecule has 1 aliphatic heterocycles. The summed E-state index contributed by atoms with van der Waals surface area (Å²) in [5.41, 5.74) is 0.931. The maximum atomic E-state index is 11.7. The molecular formula is C19H31N3O2. The lowest BCUT2D eigenvalue weighted by molar-refractivity contribution is 0.0521. The average Bonchev–Trinajstić information content (AvgIpc) is 2.95. The molecule has 0 aliphatic carbocycles. The van der Waals surface area contributed by atoms with E-state index in [0.717, 1.165) is 25.9 Å². The molecule has 0 aromatic heterocycles. The maximum Gasteiger partial charge on any atom is 0.407 e. The topological polar surface area (TPSA) is 53.6 Å². The molecule has 0 spiro atoms. The lowest BCUT2D eigenvalue weighted by atomic mass is 10.0. The Hall–Kier alpha value is -1.59. The van der Waals surface area contributed by atoms with Gasteiger partial charge in [-0.25, -0.2) is 4.79 Å². The quantitative estimate of drug-likeness (QED) is 0.839. The highest BCUT2D eigenvalue weighted by Gasteiger charge is 2.27. The molecule has 134 valence electrons. The Labute approximate surface area is 145 Å². The Morgan fingerprint density at radius 2 is 2.04 bits per heavy atom. The van der Waals surface area contributed by atoms with E-state index in [4.69, 9.17) is 4.74 Å². The van der Waals surface area contributed by atoms with E-state index in [1.165, 1.54) is 5.56 Å². The summed E-state index contributed by atoms with van der Waals surface area (Å²) in [6, 6.07) is 11.6. The van der Waals surface area contributed by atoms with Crippen LogP contribution in [-0.4, -0.2) is 55.4 Å². The van der Waals surface area contributed by atoms with Crippen molar-refractivity contribution in [1.82, 2.24) is 15.5 Å². The van der Waals surface area contributed by atoms with Crippen molar-refractivity contribution in [1.29, 1.82) is 0 Å². The second-order valence-electron chi connectivity index (χ2n) is 7.59. The SMILES string of the molecule is CN(CCNC(=O)OC(C)(C)C)[C@@H]1CNC(Cc2ccccc2)C1. The largest absolute Gasteiger partial charge is 0.444 e. The van der Waals surface area contributed by atoms with Crippen LogP contribution >= 0.6 is 0 Å². The van der Waals surface area contributed by atoms with Crippen LogP contribution in [-0.2, 0) is 11.2 Å². The molecular weight excluding hydrogens is 302 g/mol. The van der Waals surface area contributed by atoms with Gasteiger partial charge in [0.15, 0.2) is 0 Å². The smallest absolute Gasteiger partial charge is 0.407 e. The fraction of sp³-hybridized carbons (Fsp3) is 0.632. The molecule has 1 aromatic rings. The van der Waals surface area contributed by atoms with Crippen LogP contribution in [0.15, 0.2) is 30.3 Å². The monoisotopic (exact) mass is 333 g/mol. The number of amides is 1. The van der Waals surface area contributed by atoms with Gasteiger partial charge in [0.2, 0.25) is 0 Å². The van der Waals surface area contributed by atoms with E-state index in [2.05, 4.69) is 52.9 Å². The third-order valence-corrected chi connectivity index (χ3v) is 4.28. The third kappa shape index (κ3) is 6.49. The standard InChI is InChI=1S/C19H31N3O2/c1-19(2,3)24-18(23)20-10-11-22(4)17-13-16(21-14-17)12-15-8-6-5-7-9-15/h5-9,16-17,21H,10-14H2,1-4H3,(H,20,23)/t16?,17-/m0/s1. The zero-order chi connectivity index (χ0) is 17.6. The first kappa shape index (κ1) is 18.7. The van der Waals surface area contributed by atoms with Crippen molar-refractivity contribution >= 4 is 6.09 Å². The van der Waals surface area contributed by atoms with Crippen LogP contribution < -0.4 is 10.6 Å². The van der Waals surface area contributed by atoms with Gasteiger partial charge in [-0.05, 0) is 46.2 Å². The van der Waals surface area contributed by atoms with Gasteiger partial charge < -0.3 is 20.3 Å². The molecule has 0 bridgehead atoms. The molecule has 24 heavy (non-hydrogen) atoms. The normalized spacial score (nSPS) is 21.0. The van der Waals surface area contributed by atoms with Crippen molar-refractivity contribution in [2.45, 2.75) is 51.3 Å². The number of carbonyl (C=O) groups is 1. The molecule has 2 rings (SSSR count). The molecule has 5 heteroatoms. The van der Waals surface area contributed by atoms with Gasteiger partial charge in [0.25, 0.3) is 0 Å². The molecule has 5 nitrogen and oxygen atoms in total. The first-order chi connectivity index (χ1) is 11.3. The second-order valence-corrected chi connectivity index (χ2v) is 7.59. The number of benzene rings is 1. The summed E-state index contributed by atoms with van der Waals surface area (Å²) in [5.74, 6) is 0. The fourth-order valence-corrected chi connectivity index (χ4v) is 3.02. The number of ether oxygens (including phenoxy) is 1. The molecule has 1 amide bonds. The molecule has 1 aliphatic rings. The summed E-state index contributed by atoms with van der Waals surface area (Å²) < 4.78 is 5.25. The van der Waals surface area contributed by atoms with Gasteiger partial charge in [0.1, 0.15) is 5.60 Å². The van der Waals surface area contributed by atoms with Gasteiger partial charge in [-0.1, -0.05) is 30.3 Å². The second kappa shape index (κ2) is 8.49. The van der Waals surface area contributed by atoms with Crippen molar-refractivity contribution in [3.63, 3.8) is 0 Å². The van der Waals surface area contributed by atoms with E-state index in [1.807, 2.05) is 20.8 Å². The summed E-state index contributed by atoms with van der Waals surface area (Å²) in [4.78, 5) is 14.0. The Morgan fingerprint density at radius 1 is 1.33 bits per heavy atom.